The predicted molar refractivity (Wildman–Crippen MR) is 32.6 cm³/mol. The first kappa shape index (κ1) is 5.48. The van der Waals surface area contributed by atoms with Gasteiger partial charge in [-0.25, -0.2) is 0 Å². The SMILES string of the molecule is C=C(O)N1CCCC1. The minimum atomic E-state index is 0.225. The van der Waals surface area contributed by atoms with E-state index in [1.54, 1.807) is 0 Å². The van der Waals surface area contributed by atoms with E-state index in [1.807, 2.05) is 4.90 Å². The van der Waals surface area contributed by atoms with E-state index in [9.17, 15) is 0 Å². The van der Waals surface area contributed by atoms with E-state index < -0.39 is 0 Å². The lowest BCUT2D eigenvalue weighted by molar-refractivity contribution is 0.236. The highest BCUT2D eigenvalue weighted by molar-refractivity contribution is 4.83. The first-order valence-corrected chi connectivity index (χ1v) is 2.93. The maximum atomic E-state index is 8.78. The molecule has 0 atom stereocenters. The molecule has 1 aliphatic heterocycles. The quantitative estimate of drug-likeness (QED) is 0.515. The van der Waals surface area contributed by atoms with Gasteiger partial charge in [-0.3, -0.25) is 0 Å². The maximum absolute atomic E-state index is 8.78. The van der Waals surface area contributed by atoms with Crippen molar-refractivity contribution in [2.24, 2.45) is 0 Å². The summed E-state index contributed by atoms with van der Waals surface area (Å²) < 4.78 is 0. The number of aliphatic hydroxyl groups is 1. The Bertz CT molecular complexity index is 94.7. The molecule has 1 rings (SSSR count). The number of likely N-dealkylation sites (tertiary alicyclic amines) is 1. The number of hydrogen-bond donors (Lipinski definition) is 1. The molecule has 1 heterocycles. The Morgan fingerprint density at radius 2 is 1.88 bits per heavy atom. The van der Waals surface area contributed by atoms with Crippen molar-refractivity contribution in [3.63, 3.8) is 0 Å². The third-order valence-electron chi connectivity index (χ3n) is 1.47. The minimum Gasteiger partial charge on any atom is -0.495 e. The van der Waals surface area contributed by atoms with Gasteiger partial charge in [0.1, 0.15) is 0 Å². The lowest BCUT2D eigenvalue weighted by atomic mass is 10.4. The molecule has 1 aliphatic rings. The van der Waals surface area contributed by atoms with E-state index in [-0.39, 0.29) is 5.88 Å². The summed E-state index contributed by atoms with van der Waals surface area (Å²) in [6, 6.07) is 0. The third-order valence-corrected chi connectivity index (χ3v) is 1.47. The largest absolute Gasteiger partial charge is 0.495 e. The Kier molecular flexibility index (Phi) is 1.42. The molecule has 0 aromatic carbocycles. The fraction of sp³-hybridized carbons (Fsp3) is 0.667. The van der Waals surface area contributed by atoms with Crippen LogP contribution >= 0.6 is 0 Å². The van der Waals surface area contributed by atoms with Crippen molar-refractivity contribution in [2.75, 3.05) is 13.1 Å². The van der Waals surface area contributed by atoms with Crippen LogP contribution in [0.5, 0.6) is 0 Å². The first-order valence-electron chi connectivity index (χ1n) is 2.93. The summed E-state index contributed by atoms with van der Waals surface area (Å²) in [6.45, 7) is 5.38. The van der Waals surface area contributed by atoms with Gasteiger partial charge in [0.15, 0.2) is 5.88 Å². The minimum absolute atomic E-state index is 0.225. The zero-order valence-electron chi connectivity index (χ0n) is 4.93. The van der Waals surface area contributed by atoms with Crippen LogP contribution in [0.3, 0.4) is 0 Å². The number of nitrogens with zero attached hydrogens (tertiary/aromatic N) is 1. The van der Waals surface area contributed by atoms with Crippen LogP contribution in [-0.4, -0.2) is 23.1 Å². The summed E-state index contributed by atoms with van der Waals surface area (Å²) in [6.07, 6.45) is 2.39. The lowest BCUT2D eigenvalue weighted by Crippen LogP contribution is -2.16. The van der Waals surface area contributed by atoms with Gasteiger partial charge in [-0.15, -0.1) is 0 Å². The normalized spacial score (nSPS) is 19.2. The third kappa shape index (κ3) is 0.941. The summed E-state index contributed by atoms with van der Waals surface area (Å²) in [5.74, 6) is 0.225. The molecule has 0 spiro atoms. The highest BCUT2D eigenvalue weighted by Crippen LogP contribution is 2.10. The van der Waals surface area contributed by atoms with Gasteiger partial charge in [0.05, 0.1) is 0 Å². The van der Waals surface area contributed by atoms with Crippen LogP contribution in [0.15, 0.2) is 12.5 Å². The van der Waals surface area contributed by atoms with Crippen molar-refractivity contribution < 1.29 is 5.11 Å². The van der Waals surface area contributed by atoms with Crippen molar-refractivity contribution in [1.29, 1.82) is 0 Å². The van der Waals surface area contributed by atoms with Gasteiger partial charge in [-0.1, -0.05) is 0 Å². The number of rotatable bonds is 1. The van der Waals surface area contributed by atoms with E-state index in [4.69, 9.17) is 5.11 Å². The van der Waals surface area contributed by atoms with Gasteiger partial charge >= 0.3 is 0 Å². The molecule has 0 unspecified atom stereocenters. The first-order chi connectivity index (χ1) is 3.80. The van der Waals surface area contributed by atoms with Crippen molar-refractivity contribution in [2.45, 2.75) is 12.8 Å². The summed E-state index contributed by atoms with van der Waals surface area (Å²) in [7, 11) is 0. The van der Waals surface area contributed by atoms with E-state index in [0.29, 0.717) is 0 Å². The highest BCUT2D eigenvalue weighted by Gasteiger charge is 2.10. The second kappa shape index (κ2) is 2.07. The van der Waals surface area contributed by atoms with Gasteiger partial charge in [0.2, 0.25) is 0 Å². The molecule has 0 saturated carbocycles. The molecule has 0 amide bonds. The van der Waals surface area contributed by atoms with E-state index in [2.05, 4.69) is 6.58 Å². The Morgan fingerprint density at radius 3 is 2.12 bits per heavy atom. The molecule has 46 valence electrons. The Balaban J connectivity index is 2.35. The Morgan fingerprint density at radius 1 is 1.38 bits per heavy atom. The van der Waals surface area contributed by atoms with Crippen LogP contribution < -0.4 is 0 Å². The summed E-state index contributed by atoms with van der Waals surface area (Å²) in [4.78, 5) is 1.89. The molecule has 0 aliphatic carbocycles. The molecule has 1 fully saturated rings. The summed E-state index contributed by atoms with van der Waals surface area (Å²) in [5, 5.41) is 8.78. The molecule has 2 nitrogen and oxygen atoms in total. The molecule has 1 N–H and O–H groups in total. The molecule has 1 saturated heterocycles. The standard InChI is InChI=1S/C6H11NO/c1-6(8)7-4-2-3-5-7/h8H,1-5H2. The second-order valence-corrected chi connectivity index (χ2v) is 2.11. The smallest absolute Gasteiger partial charge is 0.179 e. The molecule has 0 bridgehead atoms. The van der Waals surface area contributed by atoms with Crippen LogP contribution in [0, 0.1) is 0 Å². The van der Waals surface area contributed by atoms with Crippen molar-refractivity contribution in [1.82, 2.24) is 4.90 Å². The van der Waals surface area contributed by atoms with Crippen molar-refractivity contribution >= 4 is 0 Å². The van der Waals surface area contributed by atoms with Crippen LogP contribution in [0.4, 0.5) is 0 Å². The molecule has 2 heteroatoms. The summed E-state index contributed by atoms with van der Waals surface area (Å²) >= 11 is 0. The Hall–Kier alpha value is -0.660. The molecule has 0 aromatic heterocycles. The zero-order chi connectivity index (χ0) is 5.98. The van der Waals surface area contributed by atoms with Gasteiger partial charge < -0.3 is 10.0 Å². The lowest BCUT2D eigenvalue weighted by Gasteiger charge is -2.13. The zero-order valence-corrected chi connectivity index (χ0v) is 4.93. The topological polar surface area (TPSA) is 23.5 Å². The van der Waals surface area contributed by atoms with Gasteiger partial charge in [0.25, 0.3) is 0 Å². The van der Waals surface area contributed by atoms with Crippen LogP contribution in [0.2, 0.25) is 0 Å². The van der Waals surface area contributed by atoms with Crippen molar-refractivity contribution in [3.05, 3.63) is 12.5 Å². The van der Waals surface area contributed by atoms with E-state index in [1.165, 1.54) is 12.8 Å². The van der Waals surface area contributed by atoms with Gasteiger partial charge in [0, 0.05) is 13.1 Å². The fourth-order valence-corrected chi connectivity index (χ4v) is 0.975. The summed E-state index contributed by atoms with van der Waals surface area (Å²) in [5.41, 5.74) is 0. The van der Waals surface area contributed by atoms with E-state index >= 15 is 0 Å². The van der Waals surface area contributed by atoms with Crippen LogP contribution in [0.25, 0.3) is 0 Å². The monoisotopic (exact) mass is 113 g/mol. The molecule has 8 heavy (non-hydrogen) atoms. The Labute approximate surface area is 49.4 Å². The predicted octanol–water partition coefficient (Wildman–Crippen LogP) is 1.11. The number of hydrogen-bond acceptors (Lipinski definition) is 2. The average Bonchev–Trinajstić information content (AvgIpc) is 2.12. The highest BCUT2D eigenvalue weighted by atomic mass is 16.3. The van der Waals surface area contributed by atoms with Crippen LogP contribution in [-0.2, 0) is 0 Å². The second-order valence-electron chi connectivity index (χ2n) is 2.11. The average molecular weight is 113 g/mol. The molecular weight excluding hydrogens is 102 g/mol. The molecular formula is C6H11NO. The van der Waals surface area contributed by atoms with E-state index in [0.717, 1.165) is 13.1 Å². The fourth-order valence-electron chi connectivity index (χ4n) is 0.975. The maximum Gasteiger partial charge on any atom is 0.179 e. The van der Waals surface area contributed by atoms with Crippen LogP contribution in [0.1, 0.15) is 12.8 Å². The molecule has 0 radical (unpaired) electrons. The van der Waals surface area contributed by atoms with Gasteiger partial charge in [-0.05, 0) is 19.4 Å². The van der Waals surface area contributed by atoms with Gasteiger partial charge in [-0.2, -0.15) is 0 Å². The number of aliphatic hydroxyl groups excluding tert-OH is 1. The molecule has 0 aromatic rings. The van der Waals surface area contributed by atoms with Crippen molar-refractivity contribution in [3.8, 4) is 0 Å².